The molecule has 0 saturated heterocycles. The number of aromatic nitrogens is 1. The van der Waals surface area contributed by atoms with Crippen molar-refractivity contribution in [3.8, 4) is 5.75 Å². The van der Waals surface area contributed by atoms with Gasteiger partial charge in [-0.15, -0.1) is 0 Å². The van der Waals surface area contributed by atoms with Crippen molar-refractivity contribution in [2.45, 2.75) is 51.9 Å². The van der Waals surface area contributed by atoms with E-state index in [1.807, 2.05) is 30.3 Å². The second kappa shape index (κ2) is 10.5. The Balaban J connectivity index is 1.56. The third-order valence-corrected chi connectivity index (χ3v) is 6.33. The van der Waals surface area contributed by atoms with Crippen LogP contribution < -0.4 is 10.1 Å². The summed E-state index contributed by atoms with van der Waals surface area (Å²) in [6.45, 7) is 5.62. The Morgan fingerprint density at radius 3 is 2.76 bits per heavy atom. The highest BCUT2D eigenvalue weighted by atomic mass is 16.5. The van der Waals surface area contributed by atoms with Crippen LogP contribution in [-0.4, -0.2) is 29.2 Å². The summed E-state index contributed by atoms with van der Waals surface area (Å²) in [6, 6.07) is 18.6. The van der Waals surface area contributed by atoms with E-state index in [0.717, 1.165) is 55.1 Å². The van der Waals surface area contributed by atoms with Gasteiger partial charge in [-0.3, -0.25) is 4.79 Å². The van der Waals surface area contributed by atoms with E-state index in [4.69, 9.17) is 4.74 Å². The molecule has 2 aromatic carbocycles. The molecular weight excluding hydrogens is 412 g/mol. The Bertz CT molecular complexity index is 1130. The molecule has 0 spiro atoms. The van der Waals surface area contributed by atoms with Crippen LogP contribution in [0.2, 0.25) is 0 Å². The topological polar surface area (TPSA) is 71.5 Å². The average molecular weight is 445 g/mol. The molecule has 172 valence electrons. The molecule has 3 aromatic rings. The maximum atomic E-state index is 11.6. The fraction of sp³-hybridized carbons (Fsp3) is 0.357. The van der Waals surface area contributed by atoms with Gasteiger partial charge in [0.05, 0.1) is 13.0 Å². The van der Waals surface area contributed by atoms with Crippen molar-refractivity contribution >= 4 is 11.8 Å². The van der Waals surface area contributed by atoms with Crippen molar-refractivity contribution in [3.05, 3.63) is 88.1 Å². The van der Waals surface area contributed by atoms with Gasteiger partial charge in [0.15, 0.2) is 0 Å². The number of hydrogen-bond donors (Lipinski definition) is 2. The quantitative estimate of drug-likeness (QED) is 0.462. The number of nitrogens with one attached hydrogen (secondary N) is 1. The summed E-state index contributed by atoms with van der Waals surface area (Å²) in [5, 5.41) is 12.8. The molecule has 1 atom stereocenters. The van der Waals surface area contributed by atoms with E-state index in [-0.39, 0.29) is 12.3 Å². The van der Waals surface area contributed by atoms with Crippen LogP contribution in [0.1, 0.15) is 59.7 Å². The van der Waals surface area contributed by atoms with Crippen molar-refractivity contribution in [3.63, 3.8) is 0 Å². The summed E-state index contributed by atoms with van der Waals surface area (Å²) < 4.78 is 6.18. The van der Waals surface area contributed by atoms with Gasteiger partial charge in [-0.2, -0.15) is 0 Å². The lowest BCUT2D eigenvalue weighted by Gasteiger charge is -2.18. The molecule has 0 fully saturated rings. The molecule has 0 amide bonds. The van der Waals surface area contributed by atoms with Crippen LogP contribution >= 0.6 is 0 Å². The predicted molar refractivity (Wildman–Crippen MR) is 131 cm³/mol. The number of hydrogen-bond acceptors (Lipinski definition) is 4. The van der Waals surface area contributed by atoms with Crippen LogP contribution in [0.25, 0.3) is 0 Å². The first-order valence-corrected chi connectivity index (χ1v) is 11.8. The zero-order valence-corrected chi connectivity index (χ0v) is 19.4. The molecule has 0 radical (unpaired) electrons. The number of fused-ring (bicyclic) bond motifs is 2. The minimum Gasteiger partial charge on any atom is -0.493 e. The van der Waals surface area contributed by atoms with E-state index in [0.29, 0.717) is 6.61 Å². The van der Waals surface area contributed by atoms with E-state index in [9.17, 15) is 9.90 Å². The fourth-order valence-corrected chi connectivity index (χ4v) is 4.80. The van der Waals surface area contributed by atoms with E-state index < -0.39 is 5.97 Å². The molecule has 1 heterocycles. The Labute approximate surface area is 195 Å². The molecule has 0 bridgehead atoms. The van der Waals surface area contributed by atoms with Crippen molar-refractivity contribution in [1.82, 2.24) is 4.98 Å². The van der Waals surface area contributed by atoms with Gasteiger partial charge in [0.2, 0.25) is 0 Å². The molecule has 1 aromatic heterocycles. The maximum Gasteiger partial charge on any atom is 0.303 e. The molecule has 1 unspecified atom stereocenters. The predicted octanol–water partition coefficient (Wildman–Crippen LogP) is 5.40. The van der Waals surface area contributed by atoms with Crippen molar-refractivity contribution in [2.24, 2.45) is 0 Å². The molecule has 5 heteroatoms. The number of rotatable bonds is 9. The number of pyridine rings is 1. The van der Waals surface area contributed by atoms with E-state index in [1.165, 1.54) is 22.3 Å². The summed E-state index contributed by atoms with van der Waals surface area (Å²) in [6.07, 6.45) is 3.33. The number of ether oxygens (including phenoxy) is 1. The Hall–Kier alpha value is -3.34. The van der Waals surface area contributed by atoms with Crippen LogP contribution in [0.3, 0.4) is 0 Å². The summed E-state index contributed by atoms with van der Waals surface area (Å²) in [5.74, 6) is 1.01. The molecule has 33 heavy (non-hydrogen) atoms. The van der Waals surface area contributed by atoms with Gasteiger partial charge >= 0.3 is 5.97 Å². The highest BCUT2D eigenvalue weighted by Crippen LogP contribution is 2.37. The molecule has 0 saturated carbocycles. The van der Waals surface area contributed by atoms with Gasteiger partial charge in [0, 0.05) is 18.7 Å². The summed E-state index contributed by atoms with van der Waals surface area (Å²) in [4.78, 5) is 16.2. The van der Waals surface area contributed by atoms with Crippen molar-refractivity contribution < 1.29 is 14.6 Å². The highest BCUT2D eigenvalue weighted by molar-refractivity contribution is 5.68. The summed E-state index contributed by atoms with van der Waals surface area (Å²) in [7, 11) is 0. The Morgan fingerprint density at radius 1 is 1.12 bits per heavy atom. The van der Waals surface area contributed by atoms with Gasteiger partial charge in [-0.1, -0.05) is 37.3 Å². The van der Waals surface area contributed by atoms with Crippen molar-refractivity contribution in [1.29, 1.82) is 0 Å². The average Bonchev–Trinajstić information content (AvgIpc) is 2.95. The monoisotopic (exact) mass is 444 g/mol. The number of carboxylic acids is 1. The standard InChI is InChI=1S/C28H32N2O3/c1-3-19-15-24(33-13-12-23-9-7-11-27(30-23)29-4-2)16-21-14-20-8-5-6-10-25(20)22(17-26(19)21)18-28(31)32/h5-11,15-16,22H,3-4,12-14,17-18H2,1-2H3,(H,29,30)(H,31,32). The SMILES string of the molecule is CCNc1cccc(CCOc2cc(CC)c3c(c2)Cc2ccccc2C(CC(=O)O)C3)n1. The molecule has 2 N–H and O–H groups in total. The molecule has 0 aliphatic heterocycles. The molecular formula is C28H32N2O3. The molecule has 1 aliphatic rings. The van der Waals surface area contributed by atoms with Gasteiger partial charge in [0.25, 0.3) is 0 Å². The van der Waals surface area contributed by atoms with Crippen LogP contribution in [0.15, 0.2) is 54.6 Å². The smallest absolute Gasteiger partial charge is 0.303 e. The summed E-state index contributed by atoms with van der Waals surface area (Å²) >= 11 is 0. The van der Waals surface area contributed by atoms with Gasteiger partial charge in [0.1, 0.15) is 11.6 Å². The lowest BCUT2D eigenvalue weighted by Crippen LogP contribution is -2.11. The van der Waals surface area contributed by atoms with E-state index >= 15 is 0 Å². The number of aryl methyl sites for hydroxylation is 1. The zero-order valence-electron chi connectivity index (χ0n) is 19.4. The highest BCUT2D eigenvalue weighted by Gasteiger charge is 2.26. The number of benzene rings is 2. The van der Waals surface area contributed by atoms with E-state index in [2.05, 4.69) is 48.4 Å². The third kappa shape index (κ3) is 5.54. The minimum absolute atomic E-state index is 0.00732. The Kier molecular flexibility index (Phi) is 7.28. The van der Waals surface area contributed by atoms with Crippen LogP contribution in [0.4, 0.5) is 5.82 Å². The van der Waals surface area contributed by atoms with Crippen LogP contribution in [0, 0.1) is 0 Å². The zero-order chi connectivity index (χ0) is 23.2. The second-order valence-corrected chi connectivity index (χ2v) is 8.59. The number of anilines is 1. The minimum atomic E-state index is -0.747. The first kappa shape index (κ1) is 22.8. The summed E-state index contributed by atoms with van der Waals surface area (Å²) in [5.41, 5.74) is 7.16. The van der Waals surface area contributed by atoms with E-state index in [1.54, 1.807) is 0 Å². The Morgan fingerprint density at radius 2 is 1.97 bits per heavy atom. The second-order valence-electron chi connectivity index (χ2n) is 8.59. The third-order valence-electron chi connectivity index (χ3n) is 6.33. The maximum absolute atomic E-state index is 11.6. The first-order chi connectivity index (χ1) is 16.1. The van der Waals surface area contributed by atoms with Gasteiger partial charge in [-0.05, 0) is 84.2 Å². The molecule has 5 nitrogen and oxygen atoms in total. The number of nitrogens with zero attached hydrogens (tertiary/aromatic N) is 1. The van der Waals surface area contributed by atoms with Gasteiger partial charge < -0.3 is 15.2 Å². The molecule has 4 rings (SSSR count). The number of carbonyl (C=O) groups is 1. The first-order valence-electron chi connectivity index (χ1n) is 11.8. The number of aliphatic carboxylic acids is 1. The van der Waals surface area contributed by atoms with Crippen LogP contribution in [0.5, 0.6) is 5.75 Å². The lowest BCUT2D eigenvalue weighted by molar-refractivity contribution is -0.137. The fourth-order valence-electron chi connectivity index (χ4n) is 4.80. The van der Waals surface area contributed by atoms with Crippen LogP contribution in [-0.2, 0) is 30.5 Å². The lowest BCUT2D eigenvalue weighted by atomic mass is 9.87. The number of carboxylic acid groups (broad SMARTS) is 1. The van der Waals surface area contributed by atoms with Gasteiger partial charge in [-0.25, -0.2) is 4.98 Å². The van der Waals surface area contributed by atoms with Crippen molar-refractivity contribution in [2.75, 3.05) is 18.5 Å². The largest absolute Gasteiger partial charge is 0.493 e. The molecule has 1 aliphatic carbocycles. The normalized spacial score (nSPS) is 14.7.